The maximum Gasteiger partial charge on any atom is 0.409 e. The van der Waals surface area contributed by atoms with Gasteiger partial charge in [0, 0.05) is 55.0 Å². The van der Waals surface area contributed by atoms with Gasteiger partial charge in [0.25, 0.3) is 15.9 Å². The molecule has 11 nitrogen and oxygen atoms in total. The zero-order chi connectivity index (χ0) is 31.9. The van der Waals surface area contributed by atoms with Gasteiger partial charge in [-0.25, -0.2) is 23.1 Å². The Labute approximate surface area is 271 Å². The van der Waals surface area contributed by atoms with Gasteiger partial charge in [0.2, 0.25) is 5.95 Å². The molecule has 2 aliphatic heterocycles. The lowest BCUT2D eigenvalue weighted by molar-refractivity contribution is -0.124. The summed E-state index contributed by atoms with van der Waals surface area (Å²) in [4.78, 5) is 38.1. The monoisotopic (exact) mass is 668 g/mol. The average Bonchev–Trinajstić information content (AvgIpc) is 3.55. The molecule has 2 aliphatic rings. The van der Waals surface area contributed by atoms with E-state index in [-0.39, 0.29) is 56.1 Å². The predicted molar refractivity (Wildman–Crippen MR) is 170 cm³/mol. The fourth-order valence-corrected chi connectivity index (χ4v) is 7.94. The first-order valence-electron chi connectivity index (χ1n) is 14.3. The highest BCUT2D eigenvalue weighted by atomic mass is 35.5. The number of halogens is 2. The van der Waals surface area contributed by atoms with Crippen molar-refractivity contribution in [2.45, 2.75) is 30.8 Å². The molecule has 14 heteroatoms. The number of fused-ring (bicyclic) bond motifs is 1. The van der Waals surface area contributed by atoms with Crippen molar-refractivity contribution in [1.29, 1.82) is 0 Å². The van der Waals surface area contributed by atoms with E-state index in [0.29, 0.717) is 15.7 Å². The standard InChI is InChI=1S/C31H30Cl2N6O5S/c1-3-44-30(41)36-11-13-37(14-12-36)45(42,43)27-20-35-29-38(26-16-24(32)15-25(33)17-26)28(40)31(2,39(27)29)18-21-6-8-22(9-7-21)23-5-4-10-34-19-23/h4-10,15-17,19-20H,3,11-14,18H2,1-2H3/t31-/m1/s1. The van der Waals surface area contributed by atoms with E-state index >= 15 is 0 Å². The van der Waals surface area contributed by atoms with Crippen molar-refractivity contribution in [3.8, 4) is 11.1 Å². The number of imidazole rings is 1. The topological polar surface area (TPSA) is 118 Å². The summed E-state index contributed by atoms with van der Waals surface area (Å²) in [5.41, 5.74) is 1.71. The number of sulfonamides is 1. The van der Waals surface area contributed by atoms with E-state index < -0.39 is 21.7 Å². The molecule has 1 fully saturated rings. The number of benzene rings is 2. The van der Waals surface area contributed by atoms with Gasteiger partial charge < -0.3 is 9.64 Å². The molecule has 2 aromatic heterocycles. The summed E-state index contributed by atoms with van der Waals surface area (Å²) in [6, 6.07) is 16.3. The number of hydrogen-bond donors (Lipinski definition) is 0. The number of hydrogen-bond acceptors (Lipinski definition) is 7. The number of rotatable bonds is 7. The highest BCUT2D eigenvalue weighted by Gasteiger charge is 2.52. The van der Waals surface area contributed by atoms with Gasteiger partial charge in [0.15, 0.2) is 5.03 Å². The number of carbonyl (C=O) groups is 2. The van der Waals surface area contributed by atoms with E-state index in [1.54, 1.807) is 44.4 Å². The Morgan fingerprint density at radius 3 is 2.29 bits per heavy atom. The van der Waals surface area contributed by atoms with Crippen LogP contribution in [0.5, 0.6) is 0 Å². The summed E-state index contributed by atoms with van der Waals surface area (Å²) >= 11 is 12.6. The maximum atomic E-state index is 14.4. The highest BCUT2D eigenvalue weighted by molar-refractivity contribution is 7.89. The molecule has 0 bridgehead atoms. The Kier molecular flexibility index (Phi) is 8.33. The van der Waals surface area contributed by atoms with Crippen molar-refractivity contribution >= 4 is 56.9 Å². The molecule has 2 amide bonds. The third kappa shape index (κ3) is 5.67. The van der Waals surface area contributed by atoms with E-state index in [1.807, 2.05) is 36.4 Å². The van der Waals surface area contributed by atoms with Crippen LogP contribution in [0.1, 0.15) is 19.4 Å². The van der Waals surface area contributed by atoms with E-state index in [0.717, 1.165) is 16.7 Å². The van der Waals surface area contributed by atoms with Gasteiger partial charge in [-0.15, -0.1) is 0 Å². The Morgan fingerprint density at radius 1 is 0.978 bits per heavy atom. The van der Waals surface area contributed by atoms with Gasteiger partial charge in [-0.3, -0.25) is 14.3 Å². The normalized spacial score (nSPS) is 18.7. The zero-order valence-corrected chi connectivity index (χ0v) is 26.9. The minimum Gasteiger partial charge on any atom is -0.450 e. The number of nitrogens with zero attached hydrogens (tertiary/aromatic N) is 6. The quantitative estimate of drug-likeness (QED) is 0.260. The summed E-state index contributed by atoms with van der Waals surface area (Å²) in [6.45, 7) is 4.13. The van der Waals surface area contributed by atoms with Crippen molar-refractivity contribution in [1.82, 2.24) is 23.7 Å². The molecule has 0 spiro atoms. The van der Waals surface area contributed by atoms with Crippen molar-refractivity contribution in [3.05, 3.63) is 88.8 Å². The molecule has 0 unspecified atom stereocenters. The summed E-state index contributed by atoms with van der Waals surface area (Å²) in [6.07, 6.45) is 4.44. The van der Waals surface area contributed by atoms with Crippen LogP contribution in [0, 0.1) is 0 Å². The molecule has 0 radical (unpaired) electrons. The molecule has 45 heavy (non-hydrogen) atoms. The lowest BCUT2D eigenvalue weighted by Crippen LogP contribution is -2.51. The van der Waals surface area contributed by atoms with Crippen molar-refractivity contribution in [3.63, 3.8) is 0 Å². The molecule has 1 atom stereocenters. The van der Waals surface area contributed by atoms with Crippen LogP contribution in [0.2, 0.25) is 10.0 Å². The maximum absolute atomic E-state index is 14.4. The minimum absolute atomic E-state index is 0.0652. The SMILES string of the molecule is CCOC(=O)N1CCN(S(=O)(=O)c2cnc3n2[C@](C)(Cc2ccc(-c4cccnc4)cc2)C(=O)N3c2cc(Cl)cc(Cl)c2)CC1. The molecule has 4 aromatic rings. The summed E-state index contributed by atoms with van der Waals surface area (Å²) in [7, 11) is -4.14. The van der Waals surface area contributed by atoms with Gasteiger partial charge in [-0.2, -0.15) is 4.31 Å². The van der Waals surface area contributed by atoms with E-state index in [4.69, 9.17) is 27.9 Å². The van der Waals surface area contributed by atoms with Crippen LogP contribution < -0.4 is 4.90 Å². The molecule has 234 valence electrons. The van der Waals surface area contributed by atoms with Crippen molar-refractivity contribution in [2.75, 3.05) is 37.7 Å². The average molecular weight is 670 g/mol. The Bertz CT molecular complexity index is 1840. The van der Waals surface area contributed by atoms with E-state index in [2.05, 4.69) is 9.97 Å². The van der Waals surface area contributed by atoms with Crippen LogP contribution in [0.3, 0.4) is 0 Å². The van der Waals surface area contributed by atoms with Gasteiger partial charge in [-0.05, 0) is 54.8 Å². The molecule has 0 saturated carbocycles. The summed E-state index contributed by atoms with van der Waals surface area (Å²) in [5.74, 6) is -0.250. The lowest BCUT2D eigenvalue weighted by atomic mass is 9.91. The third-order valence-corrected chi connectivity index (χ3v) is 10.3. The van der Waals surface area contributed by atoms with E-state index in [9.17, 15) is 18.0 Å². The summed E-state index contributed by atoms with van der Waals surface area (Å²) < 4.78 is 36.2. The number of aromatic nitrogens is 3. The summed E-state index contributed by atoms with van der Waals surface area (Å²) in [5, 5.41) is 0.506. The first-order chi connectivity index (χ1) is 21.5. The first kappa shape index (κ1) is 31.0. The number of amides is 2. The van der Waals surface area contributed by atoms with Gasteiger partial charge in [0.05, 0.1) is 18.5 Å². The second-order valence-corrected chi connectivity index (χ2v) is 13.7. The van der Waals surface area contributed by atoms with Crippen molar-refractivity contribution in [2.24, 2.45) is 0 Å². The molecule has 0 N–H and O–H groups in total. The Morgan fingerprint density at radius 2 is 1.67 bits per heavy atom. The van der Waals surface area contributed by atoms with Gasteiger partial charge in [-0.1, -0.05) is 53.5 Å². The largest absolute Gasteiger partial charge is 0.450 e. The van der Waals surface area contributed by atoms with Crippen LogP contribution in [0.4, 0.5) is 16.4 Å². The lowest BCUT2D eigenvalue weighted by Gasteiger charge is -2.34. The molecule has 0 aliphatic carbocycles. The zero-order valence-electron chi connectivity index (χ0n) is 24.6. The first-order valence-corrected chi connectivity index (χ1v) is 16.5. The molecule has 6 rings (SSSR count). The highest BCUT2D eigenvalue weighted by Crippen LogP contribution is 2.45. The molecule has 1 saturated heterocycles. The van der Waals surface area contributed by atoms with E-state index in [1.165, 1.54) is 24.9 Å². The van der Waals surface area contributed by atoms with Crippen LogP contribution in [-0.2, 0) is 31.5 Å². The molecule has 2 aromatic carbocycles. The van der Waals surface area contributed by atoms with Crippen molar-refractivity contribution < 1.29 is 22.7 Å². The Balaban J connectivity index is 1.39. The second kappa shape index (κ2) is 12.1. The smallest absolute Gasteiger partial charge is 0.409 e. The van der Waals surface area contributed by atoms with Crippen LogP contribution >= 0.6 is 23.2 Å². The number of carbonyl (C=O) groups excluding carboxylic acids is 2. The molecule has 4 heterocycles. The Hall–Kier alpha value is -3.97. The number of ether oxygens (including phenoxy) is 1. The molecular weight excluding hydrogens is 639 g/mol. The number of pyridine rings is 1. The minimum atomic E-state index is -4.14. The van der Waals surface area contributed by atoms with Crippen LogP contribution in [0.15, 0.2) is 78.2 Å². The van der Waals surface area contributed by atoms with Crippen LogP contribution in [0.25, 0.3) is 11.1 Å². The predicted octanol–water partition coefficient (Wildman–Crippen LogP) is 5.35. The van der Waals surface area contributed by atoms with Crippen LogP contribution in [-0.4, -0.2) is 76.9 Å². The fraction of sp³-hybridized carbons (Fsp3) is 0.290. The second-order valence-electron chi connectivity index (χ2n) is 11.0. The third-order valence-electron chi connectivity index (χ3n) is 8.04. The number of anilines is 2. The molecular formula is C31H30Cl2N6O5S. The number of piperazine rings is 1. The fourth-order valence-electron chi connectivity index (χ4n) is 5.82. The van der Waals surface area contributed by atoms with Gasteiger partial charge >= 0.3 is 6.09 Å². The van der Waals surface area contributed by atoms with Gasteiger partial charge in [0.1, 0.15) is 5.54 Å².